The molecule has 0 heterocycles. The molecule has 1 aliphatic carbocycles. The van der Waals surface area contributed by atoms with E-state index < -0.39 is 0 Å². The predicted molar refractivity (Wildman–Crippen MR) is 52.1 cm³/mol. The molecule has 1 saturated carbocycles. The van der Waals surface area contributed by atoms with Crippen LogP contribution in [0.5, 0.6) is 0 Å². The number of hydrogen-bond acceptors (Lipinski definition) is 0. The maximum atomic E-state index is 2.44. The van der Waals surface area contributed by atoms with Gasteiger partial charge in [0.05, 0.1) is 0 Å². The monoisotopic (exact) mass is 311 g/mol. The van der Waals surface area contributed by atoms with Crippen molar-refractivity contribution in [2.45, 2.75) is 43.0 Å². The quantitative estimate of drug-likeness (QED) is 0.603. The van der Waals surface area contributed by atoms with E-state index in [-0.39, 0.29) is 17.0 Å². The van der Waals surface area contributed by atoms with E-state index in [1.807, 2.05) is 0 Å². The van der Waals surface area contributed by atoms with Crippen molar-refractivity contribution in [3.8, 4) is 0 Å². The zero-order valence-electron chi connectivity index (χ0n) is 6.81. The Labute approximate surface area is 88.0 Å². The van der Waals surface area contributed by atoms with Crippen molar-refractivity contribution >= 4 is 39.5 Å². The summed E-state index contributed by atoms with van der Waals surface area (Å²) in [5.41, 5.74) is 0. The molecule has 1 fully saturated rings. The summed E-state index contributed by atoms with van der Waals surface area (Å²) < 4.78 is 0.727. The second-order valence-electron chi connectivity index (χ2n) is 3.56. The molecule has 0 aromatic rings. The van der Waals surface area contributed by atoms with Crippen molar-refractivity contribution in [3.63, 3.8) is 0 Å². The van der Waals surface area contributed by atoms with Crippen molar-refractivity contribution in [1.82, 2.24) is 0 Å². The van der Waals surface area contributed by atoms with E-state index in [1.54, 1.807) is 22.5 Å². The normalized spacial score (nSPS) is 40.5. The van der Waals surface area contributed by atoms with Gasteiger partial charge in [-0.2, -0.15) is 0 Å². The number of halogens is 1. The molecule has 0 aliphatic heterocycles. The Kier molecular flexibility index (Phi) is 4.90. The first-order valence-corrected chi connectivity index (χ1v) is 5.30. The second-order valence-corrected chi connectivity index (χ2v) is 6.82. The second kappa shape index (κ2) is 4.34. The topological polar surface area (TPSA) is 0 Å². The van der Waals surface area contributed by atoms with Gasteiger partial charge in [0, 0.05) is 0 Å². The summed E-state index contributed by atoms with van der Waals surface area (Å²) in [6.07, 6.45) is 5.91. The van der Waals surface area contributed by atoms with Crippen LogP contribution in [0.25, 0.3) is 0 Å². The summed E-state index contributed by atoms with van der Waals surface area (Å²) in [6, 6.07) is 0. The van der Waals surface area contributed by atoms with Gasteiger partial charge in [-0.15, -0.1) is 17.0 Å². The van der Waals surface area contributed by atoms with E-state index in [1.165, 1.54) is 25.7 Å². The van der Waals surface area contributed by atoms with E-state index in [0.717, 1.165) is 9.35 Å². The van der Waals surface area contributed by atoms with Crippen molar-refractivity contribution < 1.29 is 0 Å². The minimum absolute atomic E-state index is 0. The molecule has 0 bridgehead atoms. The zero-order chi connectivity index (χ0) is 6.91. The maximum absolute atomic E-state index is 2.44. The number of hydrogen-bond donors (Lipinski definition) is 0. The van der Waals surface area contributed by atoms with Crippen molar-refractivity contribution in [3.05, 3.63) is 0 Å². The van der Waals surface area contributed by atoms with Crippen molar-refractivity contribution in [2.24, 2.45) is 5.92 Å². The van der Waals surface area contributed by atoms with Crippen molar-refractivity contribution in [1.29, 1.82) is 0 Å². The summed E-state index contributed by atoms with van der Waals surface area (Å²) in [4.78, 5) is 0. The predicted octanol–water partition coefficient (Wildman–Crippen LogP) is 3.12. The molecule has 0 nitrogen and oxygen atoms in total. The van der Waals surface area contributed by atoms with E-state index in [2.05, 4.69) is 13.8 Å². The first kappa shape index (κ1) is 11.3. The van der Waals surface area contributed by atoms with Gasteiger partial charge < -0.3 is 0 Å². The van der Waals surface area contributed by atoms with E-state index in [9.17, 15) is 0 Å². The van der Waals surface area contributed by atoms with Gasteiger partial charge >= 0.3 is 71.4 Å². The minimum atomic E-state index is 0. The molecule has 0 spiro atoms. The molecule has 1 rings (SSSR count). The summed E-state index contributed by atoms with van der Waals surface area (Å²) in [7, 11) is 0. The molecule has 10 heavy (non-hydrogen) atoms. The van der Waals surface area contributed by atoms with Crippen LogP contribution in [0.3, 0.4) is 0 Å². The molecular weight excluding hydrogens is 295 g/mol. The van der Waals surface area contributed by atoms with Gasteiger partial charge in [-0.3, -0.25) is 0 Å². The molecule has 59 valence electrons. The van der Waals surface area contributed by atoms with Crippen LogP contribution in [0.15, 0.2) is 0 Å². The molecule has 0 saturated heterocycles. The fourth-order valence-electron chi connectivity index (χ4n) is 1.51. The molecular formula is C8H16BrSn. The SMILES string of the molecule is Br.CC1CCCC[C]1(C)[Sn]. The Hall–Kier alpha value is 1.28. The third-order valence-electron chi connectivity index (χ3n) is 2.67. The van der Waals surface area contributed by atoms with Gasteiger partial charge in [0.15, 0.2) is 0 Å². The van der Waals surface area contributed by atoms with Crippen LogP contribution in [0.1, 0.15) is 39.5 Å². The Morgan fingerprint density at radius 2 is 2.00 bits per heavy atom. The van der Waals surface area contributed by atoms with Crippen LogP contribution in [-0.2, 0) is 0 Å². The Morgan fingerprint density at radius 1 is 1.40 bits per heavy atom. The molecule has 0 aromatic heterocycles. The average Bonchev–Trinajstić information content (AvgIpc) is 1.77. The molecule has 1 aliphatic rings. The van der Waals surface area contributed by atoms with Crippen LogP contribution in [0, 0.1) is 5.92 Å². The van der Waals surface area contributed by atoms with Crippen LogP contribution >= 0.6 is 17.0 Å². The molecule has 2 unspecified atom stereocenters. The van der Waals surface area contributed by atoms with E-state index >= 15 is 0 Å². The first-order chi connectivity index (χ1) is 4.13. The fraction of sp³-hybridized carbons (Fsp3) is 1.00. The summed E-state index contributed by atoms with van der Waals surface area (Å²) in [6.45, 7) is 4.85. The van der Waals surface area contributed by atoms with Gasteiger partial charge in [-0.05, 0) is 0 Å². The third kappa shape index (κ3) is 2.72. The first-order valence-electron chi connectivity index (χ1n) is 3.88. The average molecular weight is 311 g/mol. The summed E-state index contributed by atoms with van der Waals surface area (Å²) >= 11 is 1.75. The molecule has 2 atom stereocenters. The van der Waals surface area contributed by atoms with Gasteiger partial charge in [0.1, 0.15) is 0 Å². The Bertz CT molecular complexity index is 101. The van der Waals surface area contributed by atoms with Gasteiger partial charge in [0.25, 0.3) is 0 Å². The van der Waals surface area contributed by atoms with Crippen molar-refractivity contribution in [2.75, 3.05) is 0 Å². The van der Waals surface area contributed by atoms with E-state index in [4.69, 9.17) is 0 Å². The summed E-state index contributed by atoms with van der Waals surface area (Å²) in [5, 5.41) is 0. The third-order valence-corrected chi connectivity index (χ3v) is 4.79. The van der Waals surface area contributed by atoms with Crippen LogP contribution in [-0.4, -0.2) is 22.5 Å². The molecule has 0 aromatic carbocycles. The molecule has 2 heteroatoms. The van der Waals surface area contributed by atoms with Gasteiger partial charge in [-0.1, -0.05) is 0 Å². The van der Waals surface area contributed by atoms with Crippen LogP contribution in [0.4, 0.5) is 0 Å². The standard InChI is InChI=1S/C8H15.BrH.Sn/c1-7-5-3-4-6-8(7)2;;/h7H,3-6H2,1-2H3;1H;. The zero-order valence-corrected chi connectivity index (χ0v) is 11.4. The molecule has 0 amide bonds. The van der Waals surface area contributed by atoms with E-state index in [0.29, 0.717) is 0 Å². The van der Waals surface area contributed by atoms with Gasteiger partial charge in [-0.25, -0.2) is 0 Å². The van der Waals surface area contributed by atoms with Crippen LogP contribution in [0.2, 0.25) is 3.43 Å². The molecule has 0 N–H and O–H groups in total. The van der Waals surface area contributed by atoms with Gasteiger partial charge in [0.2, 0.25) is 0 Å². The molecule has 3 radical (unpaired) electrons. The Balaban J connectivity index is 0.000000810. The van der Waals surface area contributed by atoms with Crippen LogP contribution < -0.4 is 0 Å². The fourth-order valence-corrected chi connectivity index (χ4v) is 2.42. The Morgan fingerprint density at radius 3 is 2.30 bits per heavy atom. The number of rotatable bonds is 0. The summed E-state index contributed by atoms with van der Waals surface area (Å²) in [5.74, 6) is 0.990.